The van der Waals surface area contributed by atoms with Crippen molar-refractivity contribution >= 4 is 27.0 Å². The Bertz CT molecular complexity index is 1240. The molecule has 1 aromatic rings. The van der Waals surface area contributed by atoms with E-state index in [1.807, 2.05) is 18.2 Å². The summed E-state index contributed by atoms with van der Waals surface area (Å²) in [4.78, 5) is 20.0. The van der Waals surface area contributed by atoms with E-state index in [0.717, 1.165) is 16.0 Å². The number of nitrogens with two attached hydrogens (primary N) is 1. The summed E-state index contributed by atoms with van der Waals surface area (Å²) in [5.74, 6) is -0.672. The quantitative estimate of drug-likeness (QED) is 0.782. The molecule has 2 N–H and O–H groups in total. The van der Waals surface area contributed by atoms with Gasteiger partial charge in [0.2, 0.25) is 0 Å². The summed E-state index contributed by atoms with van der Waals surface area (Å²) < 4.78 is 24.8. The number of primary amides is 1. The van der Waals surface area contributed by atoms with Crippen LogP contribution >= 0.6 is 0 Å². The summed E-state index contributed by atoms with van der Waals surface area (Å²) in [7, 11) is -3.63. The summed E-state index contributed by atoms with van der Waals surface area (Å²) in [5.41, 5.74) is 6.30. The number of allylic oxidation sites excluding steroid dienone is 7. The van der Waals surface area contributed by atoms with Gasteiger partial charge in [-0.1, -0.05) is 54.7 Å². The maximum absolute atomic E-state index is 12.4. The third-order valence-electron chi connectivity index (χ3n) is 3.77. The highest BCUT2D eigenvalue weighted by molar-refractivity contribution is 7.97. The van der Waals surface area contributed by atoms with Crippen molar-refractivity contribution < 1.29 is 13.2 Å². The van der Waals surface area contributed by atoms with E-state index in [1.165, 1.54) is 18.4 Å². The van der Waals surface area contributed by atoms with Crippen LogP contribution in [-0.2, 0) is 14.6 Å². The molecule has 0 saturated heterocycles. The van der Waals surface area contributed by atoms with Gasteiger partial charge in [-0.2, -0.15) is 0 Å². The Labute approximate surface area is 162 Å². The molecule has 0 bridgehead atoms. The number of hydrogen-bond donors (Lipinski definition) is 1. The minimum absolute atomic E-state index is 0.0684. The number of carbonyl (C=O) groups excluding carboxylic acids is 1. The molecule has 0 spiro atoms. The lowest BCUT2D eigenvalue weighted by Crippen LogP contribution is -2.21. The topological polar surface area (TPSA) is 102 Å². The number of sulfone groups is 1. The zero-order valence-electron chi connectivity index (χ0n) is 14.8. The molecule has 3 rings (SSSR count). The van der Waals surface area contributed by atoms with Crippen LogP contribution in [0.25, 0.3) is 5.57 Å². The van der Waals surface area contributed by atoms with Gasteiger partial charge in [0.1, 0.15) is 5.71 Å². The van der Waals surface area contributed by atoms with Crippen LogP contribution < -0.4 is 16.3 Å². The SMILES string of the molecule is NC(=O)C1=N\C=C/C2=c3ccccc3=N/C2=C/S(=O)(=O)\C=C/C=C\C=C/C=C\1. The summed E-state index contributed by atoms with van der Waals surface area (Å²) in [6.45, 7) is 0. The van der Waals surface area contributed by atoms with Crippen molar-refractivity contribution in [3.05, 3.63) is 106 Å². The minimum Gasteiger partial charge on any atom is -0.364 e. The number of aliphatic imine (C=N–C) groups is 1. The fourth-order valence-electron chi connectivity index (χ4n) is 2.53. The number of nitrogens with zero attached hydrogens (tertiary/aromatic N) is 2. The molecule has 1 aromatic carbocycles. The van der Waals surface area contributed by atoms with E-state index in [4.69, 9.17) is 5.73 Å². The Balaban J connectivity index is 2.20. The second kappa shape index (κ2) is 8.41. The highest BCUT2D eigenvalue weighted by Crippen LogP contribution is 2.18. The first-order valence-electron chi connectivity index (χ1n) is 8.34. The van der Waals surface area contributed by atoms with E-state index in [0.29, 0.717) is 16.6 Å². The number of fused-ring (bicyclic) bond motifs is 2. The zero-order valence-corrected chi connectivity index (χ0v) is 15.6. The average Bonchev–Trinajstić information content (AvgIpc) is 2.97. The summed E-state index contributed by atoms with van der Waals surface area (Å²) >= 11 is 0. The third-order valence-corrected chi connectivity index (χ3v) is 4.86. The molecular formula is C21H17N3O3S. The number of para-hydroxylation sites is 1. The van der Waals surface area contributed by atoms with E-state index in [9.17, 15) is 13.2 Å². The van der Waals surface area contributed by atoms with Gasteiger partial charge >= 0.3 is 0 Å². The molecule has 2 heterocycles. The molecule has 0 fully saturated rings. The van der Waals surface area contributed by atoms with E-state index < -0.39 is 15.7 Å². The molecule has 0 unspecified atom stereocenters. The molecule has 0 atom stereocenters. The second-order valence-electron chi connectivity index (χ2n) is 5.79. The van der Waals surface area contributed by atoms with Crippen LogP contribution in [0, 0.1) is 0 Å². The Morgan fingerprint density at radius 3 is 2.43 bits per heavy atom. The van der Waals surface area contributed by atoms with E-state index in [2.05, 4.69) is 9.98 Å². The van der Waals surface area contributed by atoms with Gasteiger partial charge in [-0.3, -0.25) is 9.79 Å². The molecule has 6 nitrogen and oxygen atoms in total. The van der Waals surface area contributed by atoms with Crippen LogP contribution in [0.5, 0.6) is 0 Å². The molecule has 140 valence electrons. The van der Waals surface area contributed by atoms with E-state index in [1.54, 1.807) is 42.5 Å². The molecular weight excluding hydrogens is 374 g/mol. The lowest BCUT2D eigenvalue weighted by Gasteiger charge is -1.98. The number of benzene rings is 1. The molecule has 7 heteroatoms. The summed E-state index contributed by atoms with van der Waals surface area (Å²) in [5, 5.41) is 3.65. The van der Waals surface area contributed by atoms with Gasteiger partial charge in [-0.25, -0.2) is 13.4 Å². The Hall–Kier alpha value is -3.58. The largest absolute Gasteiger partial charge is 0.364 e. The van der Waals surface area contributed by atoms with Crippen LogP contribution in [0.15, 0.2) is 106 Å². The fourth-order valence-corrected chi connectivity index (χ4v) is 3.40. The van der Waals surface area contributed by atoms with Crippen LogP contribution in [0.4, 0.5) is 0 Å². The maximum Gasteiger partial charge on any atom is 0.267 e. The third kappa shape index (κ3) is 4.77. The van der Waals surface area contributed by atoms with Crippen molar-refractivity contribution in [1.29, 1.82) is 0 Å². The Kier molecular flexibility index (Phi) is 5.76. The van der Waals surface area contributed by atoms with Gasteiger partial charge in [0, 0.05) is 22.4 Å². The highest BCUT2D eigenvalue weighted by atomic mass is 32.2. The standard InChI is InChI=1S/C21H17N3O3S/c22-21(25)19-11-5-3-1-2-4-8-14-28(26,27)15-20-17(12-13-23-19)16-9-6-7-10-18(16)24-20/h1-15H,(H2,22,25)/b3-1-,4-2-,11-5-,13-12-,14-8-,20-15+,23-19-. The zero-order chi connectivity index (χ0) is 20.0. The number of amides is 1. The number of rotatable bonds is 1. The van der Waals surface area contributed by atoms with Crippen LogP contribution in [0.3, 0.4) is 0 Å². The van der Waals surface area contributed by atoms with Crippen LogP contribution in [0.1, 0.15) is 0 Å². The second-order valence-corrected chi connectivity index (χ2v) is 7.47. The normalized spacial score (nSPS) is 27.5. The highest BCUT2D eigenvalue weighted by Gasteiger charge is 2.14. The summed E-state index contributed by atoms with van der Waals surface area (Å²) in [6.07, 6.45) is 14.2. The van der Waals surface area contributed by atoms with Crippen molar-refractivity contribution in [3.8, 4) is 0 Å². The van der Waals surface area contributed by atoms with E-state index >= 15 is 0 Å². The van der Waals surface area contributed by atoms with Crippen molar-refractivity contribution in [3.63, 3.8) is 0 Å². The molecule has 0 saturated carbocycles. The Morgan fingerprint density at radius 2 is 1.64 bits per heavy atom. The molecule has 28 heavy (non-hydrogen) atoms. The molecule has 2 aliphatic rings. The maximum atomic E-state index is 12.4. The van der Waals surface area contributed by atoms with Gasteiger partial charge in [0.05, 0.1) is 16.5 Å². The number of carbonyl (C=O) groups is 1. The van der Waals surface area contributed by atoms with Gasteiger partial charge in [-0.05, 0) is 18.2 Å². The lowest BCUT2D eigenvalue weighted by atomic mass is 10.1. The predicted molar refractivity (Wildman–Crippen MR) is 110 cm³/mol. The van der Waals surface area contributed by atoms with Gasteiger partial charge in [0.15, 0.2) is 9.84 Å². The minimum atomic E-state index is -3.63. The van der Waals surface area contributed by atoms with Crippen molar-refractivity contribution in [2.75, 3.05) is 0 Å². The smallest absolute Gasteiger partial charge is 0.267 e. The van der Waals surface area contributed by atoms with Gasteiger partial charge < -0.3 is 5.73 Å². The summed E-state index contributed by atoms with van der Waals surface area (Å²) in [6, 6.07) is 7.29. The fraction of sp³-hybridized carbons (Fsp3) is 0. The number of hydrogen-bond acceptors (Lipinski definition) is 5. The first-order chi connectivity index (χ1) is 13.5. The lowest BCUT2D eigenvalue weighted by molar-refractivity contribution is -0.111. The Morgan fingerprint density at radius 1 is 0.929 bits per heavy atom. The molecule has 0 radical (unpaired) electrons. The van der Waals surface area contributed by atoms with Gasteiger partial charge in [0.25, 0.3) is 5.91 Å². The molecule has 2 aliphatic heterocycles. The van der Waals surface area contributed by atoms with Crippen molar-refractivity contribution in [2.45, 2.75) is 0 Å². The molecule has 1 amide bonds. The molecule has 0 aliphatic carbocycles. The van der Waals surface area contributed by atoms with Crippen molar-refractivity contribution in [1.82, 2.24) is 0 Å². The van der Waals surface area contributed by atoms with E-state index in [-0.39, 0.29) is 5.71 Å². The van der Waals surface area contributed by atoms with Crippen LogP contribution in [0.2, 0.25) is 0 Å². The van der Waals surface area contributed by atoms with Crippen molar-refractivity contribution in [2.24, 2.45) is 15.7 Å². The first-order valence-corrected chi connectivity index (χ1v) is 9.95. The van der Waals surface area contributed by atoms with Crippen LogP contribution in [-0.4, -0.2) is 20.0 Å². The molecule has 0 aromatic heterocycles. The predicted octanol–water partition coefficient (Wildman–Crippen LogP) is 1.36. The monoisotopic (exact) mass is 391 g/mol. The first kappa shape index (κ1) is 19.2. The average molecular weight is 391 g/mol. The van der Waals surface area contributed by atoms with Gasteiger partial charge in [-0.15, -0.1) is 0 Å².